The molecule has 3 nitrogen and oxygen atoms in total. The maximum absolute atomic E-state index is 11.4. The van der Waals surface area contributed by atoms with Crippen LogP contribution in [-0.4, -0.2) is 13.0 Å². The van der Waals surface area contributed by atoms with Gasteiger partial charge in [0.05, 0.1) is 4.90 Å². The Morgan fingerprint density at radius 1 is 0.913 bits per heavy atom. The molecule has 0 saturated heterocycles. The fourth-order valence-electron chi connectivity index (χ4n) is 3.04. The molecule has 1 atom stereocenters. The zero-order chi connectivity index (χ0) is 17.1. The topological polar surface area (TPSA) is 54.4 Å². The van der Waals surface area contributed by atoms with Gasteiger partial charge in [0.15, 0.2) is 0 Å². The van der Waals surface area contributed by atoms with Crippen LogP contribution in [0.15, 0.2) is 29.2 Å². The summed E-state index contributed by atoms with van der Waals surface area (Å²) in [6.45, 7) is 4.27. The van der Waals surface area contributed by atoms with E-state index in [1.807, 2.05) is 19.1 Å². The average molecular weight is 341 g/mol. The van der Waals surface area contributed by atoms with Crippen LogP contribution in [0.4, 0.5) is 0 Å². The van der Waals surface area contributed by atoms with Gasteiger partial charge in [0.2, 0.25) is 0 Å². The Morgan fingerprint density at radius 3 is 2.00 bits per heavy atom. The van der Waals surface area contributed by atoms with E-state index < -0.39 is 10.1 Å². The van der Waals surface area contributed by atoms with Crippen LogP contribution < -0.4 is 0 Å². The molecule has 0 aliphatic heterocycles. The molecule has 0 aliphatic rings. The van der Waals surface area contributed by atoms with E-state index in [9.17, 15) is 13.0 Å². The van der Waals surface area contributed by atoms with Crippen LogP contribution in [-0.2, 0) is 10.1 Å². The van der Waals surface area contributed by atoms with Gasteiger partial charge in [-0.25, -0.2) is 0 Å². The molecule has 0 radical (unpaired) electrons. The van der Waals surface area contributed by atoms with E-state index in [1.165, 1.54) is 57.4 Å². The van der Waals surface area contributed by atoms with Gasteiger partial charge in [-0.2, -0.15) is 8.42 Å². The summed E-state index contributed by atoms with van der Waals surface area (Å²) >= 11 is 0. The Labute approximate surface area is 142 Å². The zero-order valence-corrected chi connectivity index (χ0v) is 15.4. The van der Waals surface area contributed by atoms with Gasteiger partial charge in [0.1, 0.15) is 0 Å². The Morgan fingerprint density at radius 2 is 1.43 bits per heavy atom. The highest BCUT2D eigenvalue weighted by Gasteiger charge is 2.18. The molecule has 0 spiro atoms. The molecule has 4 heteroatoms. The van der Waals surface area contributed by atoms with E-state index in [4.69, 9.17) is 0 Å². The average Bonchev–Trinajstić information content (AvgIpc) is 2.52. The molecule has 1 N–H and O–H groups in total. The fourth-order valence-corrected chi connectivity index (χ4v) is 3.86. The molecular formula is C19H32O3S. The summed E-state index contributed by atoms with van der Waals surface area (Å²) in [6.07, 6.45) is 12.5. The third-order valence-electron chi connectivity index (χ3n) is 4.47. The first kappa shape index (κ1) is 20.2. The van der Waals surface area contributed by atoms with E-state index in [1.54, 1.807) is 6.07 Å². The summed E-state index contributed by atoms with van der Waals surface area (Å²) in [7, 11) is -4.13. The third-order valence-corrected chi connectivity index (χ3v) is 5.40. The van der Waals surface area contributed by atoms with E-state index in [0.29, 0.717) is 0 Å². The summed E-state index contributed by atoms with van der Waals surface area (Å²) in [6, 6.07) is 6.77. The van der Waals surface area contributed by atoms with Crippen molar-refractivity contribution in [2.24, 2.45) is 0 Å². The largest absolute Gasteiger partial charge is 0.294 e. The lowest BCUT2D eigenvalue weighted by atomic mass is 9.94. The van der Waals surface area contributed by atoms with Crippen molar-refractivity contribution in [1.29, 1.82) is 0 Å². The van der Waals surface area contributed by atoms with Crippen molar-refractivity contribution in [3.8, 4) is 0 Å². The lowest BCUT2D eigenvalue weighted by Gasteiger charge is -2.14. The summed E-state index contributed by atoms with van der Waals surface area (Å²) in [4.78, 5) is 0.0587. The highest BCUT2D eigenvalue weighted by atomic mass is 32.2. The molecule has 0 fully saturated rings. The minimum atomic E-state index is -4.13. The molecule has 23 heavy (non-hydrogen) atoms. The predicted octanol–water partition coefficient (Wildman–Crippen LogP) is 5.96. The molecule has 0 amide bonds. The molecule has 1 unspecified atom stereocenters. The Hall–Kier alpha value is -0.870. The van der Waals surface area contributed by atoms with Gasteiger partial charge in [-0.1, -0.05) is 89.8 Å². The smallest absolute Gasteiger partial charge is 0.282 e. The molecule has 1 aromatic rings. The van der Waals surface area contributed by atoms with Crippen molar-refractivity contribution < 1.29 is 13.0 Å². The van der Waals surface area contributed by atoms with Crippen molar-refractivity contribution >= 4 is 10.1 Å². The van der Waals surface area contributed by atoms with Gasteiger partial charge in [0, 0.05) is 0 Å². The minimum Gasteiger partial charge on any atom is -0.282 e. The van der Waals surface area contributed by atoms with E-state index in [-0.39, 0.29) is 10.8 Å². The number of hydrogen-bond donors (Lipinski definition) is 1. The first-order valence-corrected chi connectivity index (χ1v) is 10.5. The first-order chi connectivity index (χ1) is 11.0. The van der Waals surface area contributed by atoms with Crippen LogP contribution in [0.3, 0.4) is 0 Å². The zero-order valence-electron chi connectivity index (χ0n) is 14.6. The molecular weight excluding hydrogens is 308 g/mol. The fraction of sp³-hybridized carbons (Fsp3) is 0.684. The second-order valence-corrected chi connectivity index (χ2v) is 7.92. The van der Waals surface area contributed by atoms with Crippen molar-refractivity contribution in [1.82, 2.24) is 0 Å². The number of hydrogen-bond acceptors (Lipinski definition) is 2. The number of benzene rings is 1. The number of rotatable bonds is 12. The van der Waals surface area contributed by atoms with Gasteiger partial charge >= 0.3 is 0 Å². The normalized spacial score (nSPS) is 13.2. The SMILES string of the molecule is CCCCCCCCCCCC(C)c1ccccc1S(=O)(=O)O. The molecule has 0 aliphatic carbocycles. The quantitative estimate of drug-likeness (QED) is 0.377. The Kier molecular flexibility index (Phi) is 9.49. The highest BCUT2D eigenvalue weighted by molar-refractivity contribution is 7.85. The van der Waals surface area contributed by atoms with Crippen molar-refractivity contribution in [3.05, 3.63) is 29.8 Å². The van der Waals surface area contributed by atoms with Gasteiger partial charge in [-0.3, -0.25) is 4.55 Å². The highest BCUT2D eigenvalue weighted by Crippen LogP contribution is 2.28. The lowest BCUT2D eigenvalue weighted by Crippen LogP contribution is -2.05. The lowest BCUT2D eigenvalue weighted by molar-refractivity contribution is 0.479. The molecule has 0 bridgehead atoms. The summed E-state index contributed by atoms with van der Waals surface area (Å²) < 4.78 is 32.2. The summed E-state index contributed by atoms with van der Waals surface area (Å²) in [5, 5.41) is 0. The Balaban J connectivity index is 2.29. The van der Waals surface area contributed by atoms with Crippen LogP contribution >= 0.6 is 0 Å². The van der Waals surface area contributed by atoms with Crippen molar-refractivity contribution in [3.63, 3.8) is 0 Å². The third kappa shape index (κ3) is 7.98. The molecule has 0 aromatic heterocycles. The van der Waals surface area contributed by atoms with E-state index >= 15 is 0 Å². The predicted molar refractivity (Wildman–Crippen MR) is 96.5 cm³/mol. The van der Waals surface area contributed by atoms with Crippen LogP contribution in [0.25, 0.3) is 0 Å². The molecule has 0 saturated carbocycles. The summed E-state index contributed by atoms with van der Waals surface area (Å²) in [5.74, 6) is 0.151. The monoisotopic (exact) mass is 340 g/mol. The number of unbranched alkanes of at least 4 members (excludes halogenated alkanes) is 8. The van der Waals surface area contributed by atoms with Crippen LogP contribution in [0.5, 0.6) is 0 Å². The maximum Gasteiger partial charge on any atom is 0.294 e. The van der Waals surface area contributed by atoms with Crippen molar-refractivity contribution in [2.45, 2.75) is 88.9 Å². The second kappa shape index (κ2) is 10.8. The Bertz CT molecular complexity index is 537. The van der Waals surface area contributed by atoms with Crippen LogP contribution in [0.1, 0.15) is 89.5 Å². The molecule has 1 aromatic carbocycles. The van der Waals surface area contributed by atoms with Crippen molar-refractivity contribution in [2.75, 3.05) is 0 Å². The van der Waals surface area contributed by atoms with Gasteiger partial charge < -0.3 is 0 Å². The van der Waals surface area contributed by atoms with Gasteiger partial charge in [0.25, 0.3) is 10.1 Å². The summed E-state index contributed by atoms with van der Waals surface area (Å²) in [5.41, 5.74) is 0.731. The standard InChI is InChI=1S/C19H32O3S/c1-3-4-5-6-7-8-9-10-11-14-17(2)18-15-12-13-16-19(18)23(20,21)22/h12-13,15-17H,3-11,14H2,1-2H3,(H,20,21,22). The maximum atomic E-state index is 11.4. The second-order valence-electron chi connectivity index (χ2n) is 6.53. The van der Waals surface area contributed by atoms with Crippen LogP contribution in [0, 0.1) is 0 Å². The molecule has 132 valence electrons. The van der Waals surface area contributed by atoms with E-state index in [2.05, 4.69) is 6.92 Å². The van der Waals surface area contributed by atoms with Crippen LogP contribution in [0.2, 0.25) is 0 Å². The van der Waals surface area contributed by atoms with Gasteiger partial charge in [-0.15, -0.1) is 0 Å². The molecule has 0 heterocycles. The minimum absolute atomic E-state index is 0.0587. The van der Waals surface area contributed by atoms with Gasteiger partial charge in [-0.05, 0) is 24.0 Å². The molecule has 1 rings (SSSR count). The van der Waals surface area contributed by atoms with E-state index in [0.717, 1.165) is 18.4 Å². The first-order valence-electron chi connectivity index (χ1n) is 9.03.